The number of nitrogens with zero attached hydrogens (tertiary/aromatic N) is 1. The van der Waals surface area contributed by atoms with Crippen LogP contribution >= 0.6 is 0 Å². The molecule has 0 aliphatic heterocycles. The third-order valence-electron chi connectivity index (χ3n) is 5.53. The van der Waals surface area contributed by atoms with Crippen LogP contribution in [0, 0.1) is 6.92 Å². The fraction of sp³-hybridized carbons (Fsp3) is 0.321. The molecule has 0 amide bonds. The van der Waals surface area contributed by atoms with Crippen molar-refractivity contribution in [2.75, 3.05) is 20.3 Å². The van der Waals surface area contributed by atoms with Crippen molar-refractivity contribution in [3.8, 4) is 11.6 Å². The number of rotatable bonds is 12. The fourth-order valence-electron chi connectivity index (χ4n) is 3.51. The van der Waals surface area contributed by atoms with E-state index >= 15 is 0 Å². The quantitative estimate of drug-likeness (QED) is 0.211. The molecule has 0 fully saturated rings. The molecule has 3 rings (SSSR count). The third-order valence-corrected chi connectivity index (χ3v) is 5.53. The van der Waals surface area contributed by atoms with Gasteiger partial charge >= 0.3 is 5.97 Å². The number of benzene rings is 2. The summed E-state index contributed by atoms with van der Waals surface area (Å²) in [4.78, 5) is 28.7. The molecule has 0 unspecified atom stereocenters. The summed E-state index contributed by atoms with van der Waals surface area (Å²) >= 11 is 0. The first-order valence-corrected chi connectivity index (χ1v) is 11.5. The van der Waals surface area contributed by atoms with Gasteiger partial charge in [0.15, 0.2) is 5.78 Å². The van der Waals surface area contributed by atoms with Gasteiger partial charge in [0.25, 0.3) is 0 Å². The molecule has 1 heterocycles. The number of aromatic nitrogens is 1. The second-order valence-corrected chi connectivity index (χ2v) is 7.96. The SMILES string of the molecule is CCc1cnc(OCCCOc2ccc(CCC(=O)OC)c(C)c2)c(C(=O)c2ccccc2)c1. The average Bonchev–Trinajstić information content (AvgIpc) is 2.87. The van der Waals surface area contributed by atoms with E-state index in [-0.39, 0.29) is 11.8 Å². The van der Waals surface area contributed by atoms with Crippen molar-refractivity contribution in [2.45, 2.75) is 39.5 Å². The van der Waals surface area contributed by atoms with Gasteiger partial charge in [-0.15, -0.1) is 0 Å². The van der Waals surface area contributed by atoms with Crippen LogP contribution in [0.2, 0.25) is 0 Å². The Balaban J connectivity index is 1.53. The second-order valence-electron chi connectivity index (χ2n) is 7.96. The molecule has 0 radical (unpaired) electrons. The Bertz CT molecular complexity index is 1110. The first-order valence-electron chi connectivity index (χ1n) is 11.5. The zero-order valence-corrected chi connectivity index (χ0v) is 20.0. The van der Waals surface area contributed by atoms with Crippen molar-refractivity contribution in [1.29, 1.82) is 0 Å². The summed E-state index contributed by atoms with van der Waals surface area (Å²) in [5.74, 6) is 0.797. The van der Waals surface area contributed by atoms with Gasteiger partial charge < -0.3 is 14.2 Å². The van der Waals surface area contributed by atoms with Gasteiger partial charge in [0.05, 0.1) is 25.9 Å². The van der Waals surface area contributed by atoms with Crippen molar-refractivity contribution < 1.29 is 23.8 Å². The molecule has 0 saturated heterocycles. The summed E-state index contributed by atoms with van der Waals surface area (Å²) in [6.45, 7) is 4.87. The van der Waals surface area contributed by atoms with Crippen LogP contribution in [0.4, 0.5) is 0 Å². The number of hydrogen-bond acceptors (Lipinski definition) is 6. The Morgan fingerprint density at radius 2 is 1.74 bits per heavy atom. The van der Waals surface area contributed by atoms with Gasteiger partial charge in [-0.25, -0.2) is 4.98 Å². The number of esters is 1. The monoisotopic (exact) mass is 461 g/mol. The van der Waals surface area contributed by atoms with Gasteiger partial charge in [-0.3, -0.25) is 9.59 Å². The number of carbonyl (C=O) groups excluding carboxylic acids is 2. The van der Waals surface area contributed by atoms with E-state index in [0.29, 0.717) is 49.5 Å². The summed E-state index contributed by atoms with van der Waals surface area (Å²) in [5, 5.41) is 0. The minimum absolute atomic E-state index is 0.0996. The van der Waals surface area contributed by atoms with Crippen molar-refractivity contribution in [3.05, 3.63) is 88.6 Å². The summed E-state index contributed by atoms with van der Waals surface area (Å²) in [6.07, 6.45) is 4.17. The Morgan fingerprint density at radius 3 is 2.44 bits per heavy atom. The third kappa shape index (κ3) is 6.91. The summed E-state index contributed by atoms with van der Waals surface area (Å²) in [5.41, 5.74) is 4.24. The zero-order chi connectivity index (χ0) is 24.3. The van der Waals surface area contributed by atoms with Crippen LogP contribution in [0.1, 0.15) is 52.4 Å². The second kappa shape index (κ2) is 12.5. The predicted octanol–water partition coefficient (Wildman–Crippen LogP) is 5.14. The summed E-state index contributed by atoms with van der Waals surface area (Å²) in [7, 11) is 1.40. The number of pyridine rings is 1. The number of methoxy groups -OCH3 is 1. The molecule has 3 aromatic rings. The lowest BCUT2D eigenvalue weighted by atomic mass is 10.0. The van der Waals surface area contributed by atoms with Crippen molar-refractivity contribution >= 4 is 11.8 Å². The highest BCUT2D eigenvalue weighted by molar-refractivity contribution is 6.10. The molecule has 178 valence electrons. The first-order chi connectivity index (χ1) is 16.5. The summed E-state index contributed by atoms with van der Waals surface area (Å²) in [6, 6.07) is 16.9. The highest BCUT2D eigenvalue weighted by Crippen LogP contribution is 2.22. The largest absolute Gasteiger partial charge is 0.493 e. The molecule has 0 bridgehead atoms. The molecule has 0 aliphatic carbocycles. The number of aryl methyl sites for hydroxylation is 3. The van der Waals surface area contributed by atoms with Gasteiger partial charge in [-0.2, -0.15) is 0 Å². The van der Waals surface area contributed by atoms with Crippen LogP contribution in [-0.4, -0.2) is 37.1 Å². The minimum atomic E-state index is -0.216. The number of ketones is 1. The van der Waals surface area contributed by atoms with Crippen LogP contribution < -0.4 is 9.47 Å². The molecule has 34 heavy (non-hydrogen) atoms. The molecule has 0 atom stereocenters. The van der Waals surface area contributed by atoms with E-state index in [1.807, 2.05) is 56.3 Å². The smallest absolute Gasteiger partial charge is 0.305 e. The lowest BCUT2D eigenvalue weighted by Gasteiger charge is -2.12. The molecular formula is C28H31NO5. The van der Waals surface area contributed by atoms with E-state index in [1.165, 1.54) is 7.11 Å². The highest BCUT2D eigenvalue weighted by Gasteiger charge is 2.17. The predicted molar refractivity (Wildman–Crippen MR) is 131 cm³/mol. The van der Waals surface area contributed by atoms with E-state index in [0.717, 1.165) is 28.9 Å². The molecule has 2 aromatic carbocycles. The van der Waals surface area contributed by atoms with Gasteiger partial charge in [-0.1, -0.05) is 43.3 Å². The first kappa shape index (κ1) is 25.0. The van der Waals surface area contributed by atoms with Crippen LogP contribution in [0.3, 0.4) is 0 Å². The van der Waals surface area contributed by atoms with E-state index in [2.05, 4.69) is 4.98 Å². The maximum Gasteiger partial charge on any atom is 0.305 e. The van der Waals surface area contributed by atoms with Crippen molar-refractivity contribution in [2.24, 2.45) is 0 Å². The normalized spacial score (nSPS) is 10.6. The average molecular weight is 462 g/mol. The van der Waals surface area contributed by atoms with Crippen molar-refractivity contribution in [3.63, 3.8) is 0 Å². The Hall–Kier alpha value is -3.67. The molecular weight excluding hydrogens is 430 g/mol. The van der Waals surface area contributed by atoms with Crippen LogP contribution in [0.25, 0.3) is 0 Å². The van der Waals surface area contributed by atoms with Crippen LogP contribution in [0.15, 0.2) is 60.8 Å². The fourth-order valence-corrected chi connectivity index (χ4v) is 3.51. The Morgan fingerprint density at radius 1 is 0.971 bits per heavy atom. The molecule has 0 N–H and O–H groups in total. The number of hydrogen-bond donors (Lipinski definition) is 0. The van der Waals surface area contributed by atoms with Gasteiger partial charge in [0, 0.05) is 24.6 Å². The van der Waals surface area contributed by atoms with Crippen LogP contribution in [0.5, 0.6) is 11.6 Å². The van der Waals surface area contributed by atoms with E-state index in [4.69, 9.17) is 14.2 Å². The van der Waals surface area contributed by atoms with Gasteiger partial charge in [-0.05, 0) is 54.7 Å². The standard InChI is InChI=1S/C28H31NO5/c1-4-21-18-25(27(31)23-9-6-5-7-10-23)28(29-19-21)34-16-8-15-33-24-13-11-22(20(2)17-24)12-14-26(30)32-3/h5-7,9-11,13,17-19H,4,8,12,14-16H2,1-3H3. The molecule has 0 aliphatic rings. The maximum absolute atomic E-state index is 13.0. The van der Waals surface area contributed by atoms with Gasteiger partial charge in [0.2, 0.25) is 5.88 Å². The van der Waals surface area contributed by atoms with E-state index in [9.17, 15) is 9.59 Å². The molecule has 0 spiro atoms. The Kier molecular flexibility index (Phi) is 9.21. The Labute approximate surface area is 200 Å². The summed E-state index contributed by atoms with van der Waals surface area (Å²) < 4.78 is 16.4. The number of ether oxygens (including phenoxy) is 3. The molecule has 6 nitrogen and oxygen atoms in total. The molecule has 0 saturated carbocycles. The van der Waals surface area contributed by atoms with E-state index in [1.54, 1.807) is 18.3 Å². The molecule has 6 heteroatoms. The van der Waals surface area contributed by atoms with Gasteiger partial charge in [0.1, 0.15) is 5.75 Å². The minimum Gasteiger partial charge on any atom is -0.493 e. The topological polar surface area (TPSA) is 74.7 Å². The zero-order valence-electron chi connectivity index (χ0n) is 20.0. The number of carbonyl (C=O) groups is 2. The lowest BCUT2D eigenvalue weighted by molar-refractivity contribution is -0.140. The highest BCUT2D eigenvalue weighted by atomic mass is 16.5. The van der Waals surface area contributed by atoms with E-state index < -0.39 is 0 Å². The maximum atomic E-state index is 13.0. The molecule has 1 aromatic heterocycles. The van der Waals surface area contributed by atoms with Crippen LogP contribution in [-0.2, 0) is 22.4 Å². The lowest BCUT2D eigenvalue weighted by Crippen LogP contribution is -2.11. The van der Waals surface area contributed by atoms with Crippen molar-refractivity contribution in [1.82, 2.24) is 4.98 Å².